The van der Waals surface area contributed by atoms with Crippen molar-refractivity contribution >= 4 is 44.1 Å². The van der Waals surface area contributed by atoms with Gasteiger partial charge in [0.05, 0.1) is 17.5 Å². The quantitative estimate of drug-likeness (QED) is 0.424. The summed E-state index contributed by atoms with van der Waals surface area (Å²) in [6.45, 7) is 4.01. The Bertz CT molecular complexity index is 1540. The van der Waals surface area contributed by atoms with Crippen LogP contribution in [-0.2, 0) is 24.8 Å². The molecule has 4 aromatic rings. The topological polar surface area (TPSA) is 116 Å². The van der Waals surface area contributed by atoms with Gasteiger partial charge in [-0.25, -0.2) is 4.79 Å². The molecule has 0 bridgehead atoms. The van der Waals surface area contributed by atoms with Gasteiger partial charge >= 0.3 is 5.69 Å². The maximum absolute atomic E-state index is 13.2. The number of primary amides is 1. The van der Waals surface area contributed by atoms with Gasteiger partial charge in [0, 0.05) is 24.9 Å². The summed E-state index contributed by atoms with van der Waals surface area (Å²) in [7, 11) is 1.41. The van der Waals surface area contributed by atoms with Crippen LogP contribution in [0.3, 0.4) is 0 Å². The smallest absolute Gasteiger partial charge is 0.331 e. The second-order valence-corrected chi connectivity index (χ2v) is 9.78. The number of hydrogen-bond acceptors (Lipinski definition) is 5. The minimum Gasteiger partial charge on any atom is -0.368 e. The third kappa shape index (κ3) is 4.26. The van der Waals surface area contributed by atoms with E-state index in [1.54, 1.807) is 4.57 Å². The SMILES string of the molecule is CC(C)Cn1c(=O)n(C)c(=O)c2c(C(=O)NCC(N)=O)c(Cc3cccc4ccccc34)sc21. The Balaban J connectivity index is 1.99. The lowest BCUT2D eigenvalue weighted by Crippen LogP contribution is -2.39. The first-order chi connectivity index (χ1) is 16.2. The highest BCUT2D eigenvalue weighted by Crippen LogP contribution is 2.32. The van der Waals surface area contributed by atoms with Gasteiger partial charge in [0.1, 0.15) is 4.83 Å². The molecule has 3 N–H and O–H groups in total. The Hall–Kier alpha value is -3.72. The van der Waals surface area contributed by atoms with Crippen molar-refractivity contribution in [2.75, 3.05) is 6.54 Å². The molecule has 2 aromatic carbocycles. The standard InChI is InChI=1S/C25H26N4O4S/c1-14(2)13-29-24-21(23(32)28(3)25(29)33)20(22(31)27-12-19(26)30)18(34-24)11-16-9-6-8-15-7-4-5-10-17(15)16/h4-10,14H,11-13H2,1-3H3,(H2,26,30)(H,27,31). The van der Waals surface area contributed by atoms with Crippen LogP contribution in [0.5, 0.6) is 0 Å². The molecule has 9 heteroatoms. The Morgan fingerprint density at radius 3 is 2.50 bits per heavy atom. The van der Waals surface area contributed by atoms with Crippen molar-refractivity contribution in [3.63, 3.8) is 0 Å². The Labute approximate surface area is 199 Å². The highest BCUT2D eigenvalue weighted by Gasteiger charge is 2.26. The van der Waals surface area contributed by atoms with Crippen LogP contribution in [0.15, 0.2) is 52.1 Å². The lowest BCUT2D eigenvalue weighted by molar-refractivity contribution is -0.117. The number of amides is 2. The number of hydrogen-bond donors (Lipinski definition) is 2. The fraction of sp³-hybridized carbons (Fsp3) is 0.280. The van der Waals surface area contributed by atoms with Crippen LogP contribution in [0, 0.1) is 5.92 Å². The highest BCUT2D eigenvalue weighted by atomic mass is 32.1. The molecule has 0 saturated heterocycles. The van der Waals surface area contributed by atoms with Crippen LogP contribution in [0.4, 0.5) is 0 Å². The molecule has 0 aliphatic rings. The van der Waals surface area contributed by atoms with Gasteiger partial charge in [0.25, 0.3) is 11.5 Å². The van der Waals surface area contributed by atoms with Crippen LogP contribution >= 0.6 is 11.3 Å². The predicted octanol–water partition coefficient (Wildman–Crippen LogP) is 2.38. The van der Waals surface area contributed by atoms with Gasteiger partial charge in [-0.15, -0.1) is 11.3 Å². The number of rotatable bonds is 7. The van der Waals surface area contributed by atoms with Gasteiger partial charge in [-0.3, -0.25) is 23.5 Å². The molecular formula is C25H26N4O4S. The zero-order chi connectivity index (χ0) is 24.6. The summed E-state index contributed by atoms with van der Waals surface area (Å²) < 4.78 is 2.59. The van der Waals surface area contributed by atoms with E-state index in [-0.39, 0.29) is 23.4 Å². The van der Waals surface area contributed by atoms with Crippen LogP contribution in [-0.4, -0.2) is 27.5 Å². The lowest BCUT2D eigenvalue weighted by Gasteiger charge is -2.12. The zero-order valence-corrected chi connectivity index (χ0v) is 20.1. The number of nitrogens with zero attached hydrogens (tertiary/aromatic N) is 2. The van der Waals surface area contributed by atoms with E-state index in [0.29, 0.717) is 22.7 Å². The summed E-state index contributed by atoms with van der Waals surface area (Å²) in [4.78, 5) is 51.8. The van der Waals surface area contributed by atoms with Gasteiger partial charge < -0.3 is 11.1 Å². The number of nitrogens with two attached hydrogens (primary N) is 1. The molecule has 0 aliphatic carbocycles. The number of carbonyl (C=O) groups excluding carboxylic acids is 2. The first-order valence-electron chi connectivity index (χ1n) is 11.0. The summed E-state index contributed by atoms with van der Waals surface area (Å²) in [6.07, 6.45) is 0.388. The van der Waals surface area contributed by atoms with Gasteiger partial charge in [0.15, 0.2) is 0 Å². The number of aromatic nitrogens is 2. The molecule has 0 saturated carbocycles. The Kier molecular flexibility index (Phi) is 6.39. The predicted molar refractivity (Wildman–Crippen MR) is 134 cm³/mol. The minimum atomic E-state index is -0.687. The van der Waals surface area contributed by atoms with Crippen molar-refractivity contribution in [2.45, 2.75) is 26.8 Å². The van der Waals surface area contributed by atoms with E-state index in [1.807, 2.05) is 56.3 Å². The van der Waals surface area contributed by atoms with Crippen molar-refractivity contribution in [1.29, 1.82) is 0 Å². The number of benzene rings is 2. The molecule has 2 aromatic heterocycles. The molecule has 0 spiro atoms. The molecule has 0 atom stereocenters. The van der Waals surface area contributed by atoms with Crippen LogP contribution < -0.4 is 22.3 Å². The van der Waals surface area contributed by atoms with Crippen molar-refractivity contribution in [2.24, 2.45) is 18.7 Å². The fourth-order valence-corrected chi connectivity index (χ4v) is 5.45. The first-order valence-corrected chi connectivity index (χ1v) is 11.8. The summed E-state index contributed by atoms with van der Waals surface area (Å²) in [5, 5.41) is 4.81. The van der Waals surface area contributed by atoms with Crippen molar-refractivity contribution in [1.82, 2.24) is 14.5 Å². The van der Waals surface area contributed by atoms with E-state index in [1.165, 1.54) is 18.4 Å². The zero-order valence-electron chi connectivity index (χ0n) is 19.3. The first kappa shape index (κ1) is 23.4. The second kappa shape index (κ2) is 9.26. The minimum absolute atomic E-state index is 0.147. The normalized spacial score (nSPS) is 11.4. The van der Waals surface area contributed by atoms with Crippen molar-refractivity contribution in [3.8, 4) is 0 Å². The highest BCUT2D eigenvalue weighted by molar-refractivity contribution is 7.19. The van der Waals surface area contributed by atoms with Crippen molar-refractivity contribution in [3.05, 3.63) is 79.3 Å². The summed E-state index contributed by atoms with van der Waals surface area (Å²) in [5.74, 6) is -1.10. The number of carbonyl (C=O) groups is 2. The Morgan fingerprint density at radius 1 is 1.09 bits per heavy atom. The average molecular weight is 479 g/mol. The molecule has 34 heavy (non-hydrogen) atoms. The lowest BCUT2D eigenvalue weighted by atomic mass is 9.99. The largest absolute Gasteiger partial charge is 0.368 e. The average Bonchev–Trinajstić information content (AvgIpc) is 3.18. The number of thiophene rings is 1. The molecule has 176 valence electrons. The van der Waals surface area contributed by atoms with Gasteiger partial charge in [-0.05, 0) is 22.3 Å². The monoisotopic (exact) mass is 478 g/mol. The van der Waals surface area contributed by atoms with E-state index in [9.17, 15) is 19.2 Å². The summed E-state index contributed by atoms with van der Waals surface area (Å²) in [5.41, 5.74) is 5.44. The maximum Gasteiger partial charge on any atom is 0.331 e. The fourth-order valence-electron chi connectivity index (χ4n) is 4.14. The second-order valence-electron chi connectivity index (χ2n) is 8.70. The van der Waals surface area contributed by atoms with E-state index in [0.717, 1.165) is 20.9 Å². The molecule has 0 unspecified atom stereocenters. The van der Waals surface area contributed by atoms with E-state index < -0.39 is 23.1 Å². The van der Waals surface area contributed by atoms with Crippen LogP contribution in [0.1, 0.15) is 34.6 Å². The third-order valence-electron chi connectivity index (χ3n) is 5.67. The molecule has 8 nitrogen and oxygen atoms in total. The van der Waals surface area contributed by atoms with Gasteiger partial charge in [-0.1, -0.05) is 56.3 Å². The molecule has 2 heterocycles. The third-order valence-corrected chi connectivity index (χ3v) is 6.89. The van der Waals surface area contributed by atoms with Crippen molar-refractivity contribution < 1.29 is 9.59 Å². The van der Waals surface area contributed by atoms with Crippen LogP contribution in [0.25, 0.3) is 21.0 Å². The molecular weight excluding hydrogens is 452 g/mol. The van der Waals surface area contributed by atoms with Gasteiger partial charge in [0.2, 0.25) is 5.91 Å². The van der Waals surface area contributed by atoms with E-state index in [4.69, 9.17) is 5.73 Å². The molecule has 0 fully saturated rings. The Morgan fingerprint density at radius 2 is 1.79 bits per heavy atom. The number of nitrogens with one attached hydrogen (secondary N) is 1. The molecule has 0 radical (unpaired) electrons. The molecule has 2 amide bonds. The summed E-state index contributed by atoms with van der Waals surface area (Å²) >= 11 is 1.27. The number of fused-ring (bicyclic) bond motifs is 2. The van der Waals surface area contributed by atoms with Gasteiger partial charge in [-0.2, -0.15) is 0 Å². The molecule has 0 aliphatic heterocycles. The maximum atomic E-state index is 13.2. The summed E-state index contributed by atoms with van der Waals surface area (Å²) in [6, 6.07) is 13.9. The van der Waals surface area contributed by atoms with Crippen LogP contribution in [0.2, 0.25) is 0 Å². The van der Waals surface area contributed by atoms with E-state index >= 15 is 0 Å². The molecule has 4 rings (SSSR count). The van der Waals surface area contributed by atoms with E-state index in [2.05, 4.69) is 5.32 Å².